The molecule has 1 aromatic heterocycles. The molecule has 1 atom stereocenters. The molecule has 6 nitrogen and oxygen atoms in total. The van der Waals surface area contributed by atoms with E-state index in [-0.39, 0.29) is 11.3 Å². The van der Waals surface area contributed by atoms with E-state index in [4.69, 9.17) is 4.74 Å². The minimum Gasteiger partial charge on any atom is -0.507 e. The Hall–Kier alpha value is -3.45. The van der Waals surface area contributed by atoms with Crippen molar-refractivity contribution in [2.24, 2.45) is 0 Å². The molecule has 0 saturated carbocycles. The second kappa shape index (κ2) is 8.59. The number of Topliss-reactive ketones (excluding diaryl/α,β-unsaturated/α-hetero) is 1. The number of pyridine rings is 1. The molecule has 4 rings (SSSR count). The number of halogens is 1. The lowest BCUT2D eigenvalue weighted by molar-refractivity contribution is -0.132. The smallest absolute Gasteiger partial charge is 0.300 e. The summed E-state index contributed by atoms with van der Waals surface area (Å²) in [6.07, 6.45) is 3.20. The summed E-state index contributed by atoms with van der Waals surface area (Å²) in [5, 5.41) is 11.2. The minimum absolute atomic E-state index is 0.0270. The summed E-state index contributed by atoms with van der Waals surface area (Å²) in [5.74, 6) is -1.09. The SMILES string of the molecule is COc1ccc(/C(O)=C2\C(=O)C(=O)N(c3cccc(C)c3C)C2c2ccncc2)cc1Br. The van der Waals surface area contributed by atoms with Gasteiger partial charge in [-0.2, -0.15) is 0 Å². The van der Waals surface area contributed by atoms with Crippen LogP contribution in [0.3, 0.4) is 0 Å². The van der Waals surface area contributed by atoms with Crippen LogP contribution in [-0.2, 0) is 9.59 Å². The zero-order valence-electron chi connectivity index (χ0n) is 17.8. The molecule has 0 aliphatic carbocycles. The van der Waals surface area contributed by atoms with Gasteiger partial charge in [-0.15, -0.1) is 0 Å². The number of rotatable bonds is 4. The number of aliphatic hydroxyl groups excluding tert-OH is 1. The first-order valence-electron chi connectivity index (χ1n) is 9.96. The van der Waals surface area contributed by atoms with E-state index < -0.39 is 17.7 Å². The van der Waals surface area contributed by atoms with Gasteiger partial charge in [0.1, 0.15) is 11.5 Å². The molecule has 1 unspecified atom stereocenters. The molecule has 0 spiro atoms. The minimum atomic E-state index is -0.792. The molecule has 7 heteroatoms. The van der Waals surface area contributed by atoms with Crippen LogP contribution < -0.4 is 9.64 Å². The van der Waals surface area contributed by atoms with Crippen molar-refractivity contribution in [1.29, 1.82) is 0 Å². The van der Waals surface area contributed by atoms with Gasteiger partial charge in [0.2, 0.25) is 0 Å². The normalized spacial score (nSPS) is 17.6. The van der Waals surface area contributed by atoms with Gasteiger partial charge in [-0.05, 0) is 82.9 Å². The van der Waals surface area contributed by atoms with Crippen molar-refractivity contribution in [3.63, 3.8) is 0 Å². The lowest BCUT2D eigenvalue weighted by Gasteiger charge is -2.27. The molecule has 3 aromatic rings. The van der Waals surface area contributed by atoms with Crippen molar-refractivity contribution in [2.75, 3.05) is 12.0 Å². The number of ketones is 1. The van der Waals surface area contributed by atoms with Crippen molar-refractivity contribution in [3.05, 3.63) is 93.2 Å². The highest BCUT2D eigenvalue weighted by Crippen LogP contribution is 2.43. The highest BCUT2D eigenvalue weighted by molar-refractivity contribution is 9.10. The van der Waals surface area contributed by atoms with Gasteiger partial charge >= 0.3 is 0 Å². The summed E-state index contributed by atoms with van der Waals surface area (Å²) in [6, 6.07) is 13.3. The van der Waals surface area contributed by atoms with E-state index in [2.05, 4.69) is 20.9 Å². The van der Waals surface area contributed by atoms with Crippen molar-refractivity contribution in [2.45, 2.75) is 19.9 Å². The van der Waals surface area contributed by atoms with Crippen LogP contribution in [0.25, 0.3) is 5.76 Å². The van der Waals surface area contributed by atoms with E-state index in [1.165, 1.54) is 4.90 Å². The van der Waals surface area contributed by atoms with Crippen LogP contribution >= 0.6 is 15.9 Å². The number of carbonyl (C=O) groups is 2. The molecule has 32 heavy (non-hydrogen) atoms. The van der Waals surface area contributed by atoms with Crippen molar-refractivity contribution in [3.8, 4) is 5.75 Å². The number of aliphatic hydroxyl groups is 1. The number of methoxy groups -OCH3 is 1. The van der Waals surface area contributed by atoms with Gasteiger partial charge in [0, 0.05) is 23.6 Å². The average Bonchev–Trinajstić information content (AvgIpc) is 3.06. The van der Waals surface area contributed by atoms with Gasteiger partial charge in [0.25, 0.3) is 11.7 Å². The molecule has 2 aromatic carbocycles. The predicted octanol–water partition coefficient (Wildman–Crippen LogP) is 5.10. The molecule has 162 valence electrons. The van der Waals surface area contributed by atoms with Crippen molar-refractivity contribution < 1.29 is 19.4 Å². The third-order valence-electron chi connectivity index (χ3n) is 5.73. The van der Waals surface area contributed by atoms with E-state index >= 15 is 0 Å². The Labute approximate surface area is 194 Å². The summed E-state index contributed by atoms with van der Waals surface area (Å²) in [4.78, 5) is 32.0. The fraction of sp³-hybridized carbons (Fsp3) is 0.160. The van der Waals surface area contributed by atoms with Gasteiger partial charge in [-0.1, -0.05) is 12.1 Å². The maximum atomic E-state index is 13.3. The first-order chi connectivity index (χ1) is 15.3. The number of hydrogen-bond donors (Lipinski definition) is 1. The molecule has 1 aliphatic heterocycles. The Bertz CT molecular complexity index is 1250. The van der Waals surface area contributed by atoms with Gasteiger partial charge in [-0.3, -0.25) is 19.5 Å². The Morgan fingerprint density at radius 3 is 2.47 bits per heavy atom. The van der Waals surface area contributed by atoms with Gasteiger partial charge in [0.05, 0.1) is 23.2 Å². The zero-order valence-corrected chi connectivity index (χ0v) is 19.4. The Kier molecular flexibility index (Phi) is 5.84. The monoisotopic (exact) mass is 492 g/mol. The topological polar surface area (TPSA) is 79.7 Å². The summed E-state index contributed by atoms with van der Waals surface area (Å²) in [7, 11) is 1.54. The molecule has 1 amide bonds. The first-order valence-corrected chi connectivity index (χ1v) is 10.8. The number of carbonyl (C=O) groups excluding carboxylic acids is 2. The van der Waals surface area contributed by atoms with Gasteiger partial charge < -0.3 is 9.84 Å². The molecule has 1 fully saturated rings. The highest BCUT2D eigenvalue weighted by atomic mass is 79.9. The van der Waals surface area contributed by atoms with Crippen molar-refractivity contribution in [1.82, 2.24) is 4.98 Å². The molecule has 0 radical (unpaired) electrons. The number of amides is 1. The van der Waals surface area contributed by atoms with Crippen LogP contribution in [0.15, 0.2) is 71.0 Å². The van der Waals surface area contributed by atoms with E-state index in [1.807, 2.05) is 32.0 Å². The van der Waals surface area contributed by atoms with E-state index in [0.717, 1.165) is 11.1 Å². The van der Waals surface area contributed by atoms with Crippen LogP contribution in [0.1, 0.15) is 28.3 Å². The number of benzene rings is 2. The lowest BCUT2D eigenvalue weighted by atomic mass is 9.95. The number of aromatic nitrogens is 1. The lowest BCUT2D eigenvalue weighted by Crippen LogP contribution is -2.30. The summed E-state index contributed by atoms with van der Waals surface area (Å²) >= 11 is 3.41. The van der Waals surface area contributed by atoms with Crippen LogP contribution in [-0.4, -0.2) is 28.9 Å². The standard InChI is InChI=1S/C25H21BrN2O4/c1-14-5-4-6-19(15(14)2)28-22(16-9-11-27-12-10-16)21(24(30)25(28)31)23(29)17-7-8-20(32-3)18(26)13-17/h4-13,22,29H,1-3H3/b23-21+. The van der Waals surface area contributed by atoms with E-state index in [0.29, 0.717) is 27.0 Å². The number of aryl methyl sites for hydroxylation is 1. The summed E-state index contributed by atoms with van der Waals surface area (Å²) in [5.41, 5.74) is 3.62. The molecular weight excluding hydrogens is 472 g/mol. The molecule has 1 N–H and O–H groups in total. The Morgan fingerprint density at radius 2 is 1.81 bits per heavy atom. The molecular formula is C25H21BrN2O4. The molecule has 1 aliphatic rings. The summed E-state index contributed by atoms with van der Waals surface area (Å²) in [6.45, 7) is 3.86. The zero-order chi connectivity index (χ0) is 23.0. The number of ether oxygens (including phenoxy) is 1. The Morgan fingerprint density at radius 1 is 1.09 bits per heavy atom. The quantitative estimate of drug-likeness (QED) is 0.311. The third-order valence-corrected chi connectivity index (χ3v) is 6.35. The van der Waals surface area contributed by atoms with E-state index in [9.17, 15) is 14.7 Å². The molecule has 2 heterocycles. The first kappa shape index (κ1) is 21.8. The van der Waals surface area contributed by atoms with Crippen molar-refractivity contribution >= 4 is 39.1 Å². The predicted molar refractivity (Wildman–Crippen MR) is 126 cm³/mol. The fourth-order valence-corrected chi connectivity index (χ4v) is 4.45. The highest BCUT2D eigenvalue weighted by Gasteiger charge is 2.47. The van der Waals surface area contributed by atoms with Crippen LogP contribution in [0, 0.1) is 13.8 Å². The van der Waals surface area contributed by atoms with E-state index in [1.54, 1.807) is 49.8 Å². The maximum Gasteiger partial charge on any atom is 0.300 e. The molecule has 0 bridgehead atoms. The number of anilines is 1. The average molecular weight is 493 g/mol. The van der Waals surface area contributed by atoms with Crippen LogP contribution in [0.5, 0.6) is 5.75 Å². The summed E-state index contributed by atoms with van der Waals surface area (Å²) < 4.78 is 5.87. The Balaban J connectivity index is 1.96. The van der Waals surface area contributed by atoms with Gasteiger partial charge in [-0.25, -0.2) is 0 Å². The fourth-order valence-electron chi connectivity index (χ4n) is 3.91. The van der Waals surface area contributed by atoms with Crippen LogP contribution in [0.4, 0.5) is 5.69 Å². The second-order valence-corrected chi connectivity index (χ2v) is 8.37. The van der Waals surface area contributed by atoms with Gasteiger partial charge in [0.15, 0.2) is 0 Å². The van der Waals surface area contributed by atoms with Crippen LogP contribution in [0.2, 0.25) is 0 Å². The largest absolute Gasteiger partial charge is 0.507 e. The second-order valence-electron chi connectivity index (χ2n) is 7.52. The number of nitrogens with zero attached hydrogens (tertiary/aromatic N) is 2. The maximum absolute atomic E-state index is 13.3. The number of hydrogen-bond acceptors (Lipinski definition) is 5. The third kappa shape index (κ3) is 3.58. The molecule has 1 saturated heterocycles.